The number of likely N-dealkylation sites (N-methyl/N-ethyl adjacent to an activating group) is 3. The van der Waals surface area contributed by atoms with Crippen LogP contribution >= 0.6 is 0 Å². The highest BCUT2D eigenvalue weighted by Gasteiger charge is 2.32. The van der Waals surface area contributed by atoms with Gasteiger partial charge >= 0.3 is 11.9 Å². The molecule has 0 saturated carbocycles. The van der Waals surface area contributed by atoms with Gasteiger partial charge in [-0.15, -0.1) is 0 Å². The third kappa shape index (κ3) is 8.13. The first kappa shape index (κ1) is 23.8. The van der Waals surface area contributed by atoms with E-state index in [9.17, 15) is 9.59 Å². The number of esters is 2. The second-order valence-electron chi connectivity index (χ2n) is 9.48. The van der Waals surface area contributed by atoms with E-state index in [4.69, 9.17) is 9.47 Å². The molecule has 0 aromatic carbocycles. The molecular weight excluding hydrogens is 348 g/mol. The van der Waals surface area contributed by atoms with Gasteiger partial charge in [0, 0.05) is 27.7 Å². The van der Waals surface area contributed by atoms with Crippen LogP contribution in [0.15, 0.2) is 0 Å². The van der Waals surface area contributed by atoms with Gasteiger partial charge in [-0.1, -0.05) is 0 Å². The van der Waals surface area contributed by atoms with Crippen molar-refractivity contribution >= 4 is 11.9 Å². The Kier molecular flexibility index (Phi) is 8.22. The first-order valence-corrected chi connectivity index (χ1v) is 9.49. The maximum absolute atomic E-state index is 11.6. The Morgan fingerprint density at radius 2 is 1.19 bits per heavy atom. The summed E-state index contributed by atoms with van der Waals surface area (Å²) < 4.78 is 10.7. The predicted molar refractivity (Wildman–Crippen MR) is 105 cm³/mol. The van der Waals surface area contributed by atoms with Gasteiger partial charge in [0.05, 0.1) is 30.5 Å². The van der Waals surface area contributed by atoms with Crippen LogP contribution in [-0.4, -0.2) is 86.5 Å². The Hall–Kier alpha value is -1.22. The van der Waals surface area contributed by atoms with Crippen LogP contribution in [0.1, 0.15) is 41.5 Å². The average Bonchev–Trinajstić information content (AvgIpc) is 3.03. The van der Waals surface area contributed by atoms with Crippen LogP contribution in [0.25, 0.3) is 0 Å². The van der Waals surface area contributed by atoms with Crippen molar-refractivity contribution in [3.63, 3.8) is 0 Å². The summed E-state index contributed by atoms with van der Waals surface area (Å²) in [6.07, 6.45) is 0.00782. The number of ether oxygens (including phenoxy) is 2. The number of hydrogen-bond donors (Lipinski definition) is 1. The molecule has 1 atom stereocenters. The summed E-state index contributed by atoms with van der Waals surface area (Å²) in [5.41, 5.74) is 2.28. The van der Waals surface area contributed by atoms with Gasteiger partial charge in [-0.05, 0) is 41.5 Å². The molecule has 0 bridgehead atoms. The molecule has 0 amide bonds. The maximum Gasteiger partial charge on any atom is 0.311 e. The minimum Gasteiger partial charge on any atom is -0.459 e. The Bertz CT molecular complexity index is 503. The summed E-state index contributed by atoms with van der Waals surface area (Å²) >= 11 is 0. The van der Waals surface area contributed by atoms with Crippen molar-refractivity contribution in [2.75, 3.05) is 47.3 Å². The smallest absolute Gasteiger partial charge is 0.311 e. The molecule has 2 aliphatic rings. The minimum atomic E-state index is -0.403. The van der Waals surface area contributed by atoms with Crippen molar-refractivity contribution in [1.29, 1.82) is 0 Å². The lowest BCUT2D eigenvalue weighted by molar-refractivity contribution is -0.158. The lowest BCUT2D eigenvalue weighted by Gasteiger charge is -2.19. The van der Waals surface area contributed by atoms with Gasteiger partial charge in [0.15, 0.2) is 0 Å². The fourth-order valence-electron chi connectivity index (χ4n) is 2.43. The monoisotopic (exact) mass is 386 g/mol. The molecule has 1 N–H and O–H groups in total. The number of hydrogen-bond acceptors (Lipinski definition) is 8. The fraction of sp³-hybridized carbons (Fsp3) is 0.895. The Labute approximate surface area is 164 Å². The molecule has 8 heteroatoms. The van der Waals surface area contributed by atoms with Crippen LogP contribution in [0.3, 0.4) is 0 Å². The summed E-state index contributed by atoms with van der Waals surface area (Å²) in [7, 11) is 5.92. The third-order valence-electron chi connectivity index (χ3n) is 4.36. The second-order valence-corrected chi connectivity index (χ2v) is 9.48. The van der Waals surface area contributed by atoms with Crippen molar-refractivity contribution in [2.24, 2.45) is 10.8 Å². The molecule has 2 saturated heterocycles. The van der Waals surface area contributed by atoms with E-state index < -0.39 is 10.8 Å². The summed E-state index contributed by atoms with van der Waals surface area (Å²) in [5, 5.41) is 6.04. The molecule has 2 aliphatic heterocycles. The Morgan fingerprint density at radius 3 is 1.52 bits per heavy atom. The largest absolute Gasteiger partial charge is 0.459 e. The first-order chi connectivity index (χ1) is 12.2. The molecule has 1 unspecified atom stereocenters. The van der Waals surface area contributed by atoms with Crippen LogP contribution in [0.5, 0.6) is 0 Å². The molecule has 158 valence electrons. The van der Waals surface area contributed by atoms with Crippen LogP contribution in [0.2, 0.25) is 0 Å². The van der Waals surface area contributed by atoms with Gasteiger partial charge in [-0.2, -0.15) is 0 Å². The van der Waals surface area contributed by atoms with E-state index in [1.54, 1.807) is 0 Å². The highest BCUT2D eigenvalue weighted by molar-refractivity contribution is 5.76. The second kappa shape index (κ2) is 9.32. The molecule has 8 nitrogen and oxygen atoms in total. The van der Waals surface area contributed by atoms with Crippen molar-refractivity contribution in [2.45, 2.75) is 53.8 Å². The Morgan fingerprint density at radius 1 is 0.778 bits per heavy atom. The number of nitrogens with one attached hydrogen (secondary N) is 1. The molecule has 2 rings (SSSR count). The summed E-state index contributed by atoms with van der Waals surface area (Å²) in [6.45, 7) is 14.3. The lowest BCUT2D eigenvalue weighted by Crippen LogP contribution is -2.30. The highest BCUT2D eigenvalue weighted by Crippen LogP contribution is 2.19. The molecular formula is C19H38N4O4. The van der Waals surface area contributed by atoms with Crippen molar-refractivity contribution in [1.82, 2.24) is 20.5 Å². The molecule has 0 spiro atoms. The number of nitrogens with zero attached hydrogens (tertiary/aromatic N) is 3. The molecule has 0 aromatic heterocycles. The first-order valence-electron chi connectivity index (χ1n) is 9.49. The van der Waals surface area contributed by atoms with Crippen LogP contribution in [0, 0.1) is 10.8 Å². The molecule has 2 heterocycles. The van der Waals surface area contributed by atoms with E-state index in [0.29, 0.717) is 0 Å². The number of rotatable bonds is 2. The van der Waals surface area contributed by atoms with E-state index in [-0.39, 0.29) is 24.1 Å². The third-order valence-corrected chi connectivity index (χ3v) is 4.36. The number of hydrazine groups is 2. The van der Waals surface area contributed by atoms with E-state index in [2.05, 4.69) is 15.4 Å². The van der Waals surface area contributed by atoms with E-state index >= 15 is 0 Å². The van der Waals surface area contributed by atoms with Gasteiger partial charge in [0.1, 0.15) is 12.2 Å². The zero-order valence-corrected chi connectivity index (χ0v) is 18.5. The topological polar surface area (TPSA) is 74.4 Å². The molecule has 0 aromatic rings. The van der Waals surface area contributed by atoms with Crippen molar-refractivity contribution in [3.8, 4) is 0 Å². The van der Waals surface area contributed by atoms with Gasteiger partial charge in [-0.25, -0.2) is 15.0 Å². The quantitative estimate of drug-likeness (QED) is 0.708. The van der Waals surface area contributed by atoms with Gasteiger partial charge in [0.2, 0.25) is 0 Å². The fourth-order valence-corrected chi connectivity index (χ4v) is 2.43. The molecule has 0 radical (unpaired) electrons. The average molecular weight is 387 g/mol. The molecule has 0 aliphatic carbocycles. The zero-order chi connectivity index (χ0) is 21.0. The van der Waals surface area contributed by atoms with Crippen molar-refractivity contribution in [3.05, 3.63) is 0 Å². The highest BCUT2D eigenvalue weighted by atomic mass is 16.6. The summed E-state index contributed by atoms with van der Waals surface area (Å²) in [6, 6.07) is 0. The normalized spacial score (nSPS) is 23.1. The van der Waals surface area contributed by atoms with Crippen LogP contribution in [0.4, 0.5) is 0 Å². The lowest BCUT2D eigenvalue weighted by atomic mass is 9.97. The standard InChI is InChI=1S/C10H20N2O2.C9H18N2O2/c1-10(2,3)9(13)14-8-6-11(4)12(5)7-8;1-9(2,3)8(12)13-7-5-10-11(4)6-7/h8H,6-7H2,1-5H3;7,10H,5-6H2,1-4H3. The van der Waals surface area contributed by atoms with Crippen LogP contribution < -0.4 is 5.43 Å². The van der Waals surface area contributed by atoms with Crippen molar-refractivity contribution < 1.29 is 19.1 Å². The number of carbonyl (C=O) groups is 2. The summed E-state index contributed by atoms with van der Waals surface area (Å²) in [4.78, 5) is 23.0. The van der Waals surface area contributed by atoms with Gasteiger partial charge in [-0.3, -0.25) is 15.0 Å². The zero-order valence-electron chi connectivity index (χ0n) is 18.5. The van der Waals surface area contributed by atoms with E-state index in [0.717, 1.165) is 26.2 Å². The van der Waals surface area contributed by atoms with E-state index in [1.165, 1.54) is 0 Å². The predicted octanol–water partition coefficient (Wildman–Crippen LogP) is 1.13. The SMILES string of the molecule is CN1CC(OC(=O)C(C)(C)C)CN1.CN1CC(OC(=O)C(C)(C)C)CN1C. The maximum atomic E-state index is 11.6. The van der Waals surface area contributed by atoms with Gasteiger partial charge in [0.25, 0.3) is 0 Å². The number of carbonyl (C=O) groups excluding carboxylic acids is 2. The summed E-state index contributed by atoms with van der Waals surface area (Å²) in [5.74, 6) is -0.249. The van der Waals surface area contributed by atoms with E-state index in [1.807, 2.05) is 67.7 Å². The van der Waals surface area contributed by atoms with Crippen LogP contribution in [-0.2, 0) is 19.1 Å². The Balaban J connectivity index is 0.000000271. The van der Waals surface area contributed by atoms with Gasteiger partial charge < -0.3 is 9.47 Å². The molecule has 2 fully saturated rings. The molecule has 27 heavy (non-hydrogen) atoms. The minimum absolute atomic E-state index is 0.00303.